The van der Waals surface area contributed by atoms with Gasteiger partial charge in [-0.25, -0.2) is 0 Å². The lowest BCUT2D eigenvalue weighted by molar-refractivity contribution is -0.118. The number of likely N-dealkylation sites (N-methyl/N-ethyl adjacent to an activating group) is 1. The maximum Gasteiger partial charge on any atom is 0.230 e. The summed E-state index contributed by atoms with van der Waals surface area (Å²) in [5.41, 5.74) is 1.33. The first-order valence-corrected chi connectivity index (χ1v) is 7.68. The molecule has 0 saturated carbocycles. The zero-order chi connectivity index (χ0) is 14.3. The minimum atomic E-state index is 0. The molecule has 1 amide bonds. The van der Waals surface area contributed by atoms with Gasteiger partial charge in [0.05, 0.1) is 5.75 Å². The number of nitrogens with one attached hydrogen (secondary N) is 2. The Morgan fingerprint density at radius 1 is 1.20 bits per heavy atom. The van der Waals surface area contributed by atoms with Crippen molar-refractivity contribution in [2.45, 2.75) is 37.6 Å². The van der Waals surface area contributed by atoms with Gasteiger partial charge in [0.1, 0.15) is 0 Å². The Kier molecular flexibility index (Phi) is 9.72. The van der Waals surface area contributed by atoms with Crippen LogP contribution in [-0.2, 0) is 4.79 Å². The van der Waals surface area contributed by atoms with Crippen LogP contribution in [0.1, 0.15) is 32.3 Å². The Balaban J connectivity index is 0.00000361. The molecule has 0 aliphatic carbocycles. The third-order valence-electron chi connectivity index (χ3n) is 3.01. The normalized spacial score (nSPS) is 11.8. The number of hydrogen-bond acceptors (Lipinski definition) is 3. The number of amides is 1. The first kappa shape index (κ1) is 19.3. The van der Waals surface area contributed by atoms with Gasteiger partial charge in [-0.1, -0.05) is 26.0 Å². The van der Waals surface area contributed by atoms with Crippen molar-refractivity contribution in [2.75, 3.05) is 19.3 Å². The molecule has 20 heavy (non-hydrogen) atoms. The summed E-state index contributed by atoms with van der Waals surface area (Å²) < 4.78 is 0. The zero-order valence-electron chi connectivity index (χ0n) is 12.6. The molecule has 0 fully saturated rings. The second-order valence-electron chi connectivity index (χ2n) is 5.01. The van der Waals surface area contributed by atoms with E-state index in [1.54, 1.807) is 11.8 Å². The predicted octanol–water partition coefficient (Wildman–Crippen LogP) is 3.05. The van der Waals surface area contributed by atoms with E-state index in [0.717, 1.165) is 4.90 Å². The lowest BCUT2D eigenvalue weighted by Gasteiger charge is -2.11. The molecule has 114 valence electrons. The van der Waals surface area contributed by atoms with Crippen molar-refractivity contribution in [2.24, 2.45) is 0 Å². The minimum Gasteiger partial charge on any atom is -0.354 e. The molecule has 3 nitrogen and oxygen atoms in total. The number of carbonyl (C=O) groups excluding carboxylic acids is 1. The highest BCUT2D eigenvalue weighted by Gasteiger charge is 2.05. The van der Waals surface area contributed by atoms with E-state index in [1.807, 2.05) is 14.0 Å². The third-order valence-corrected chi connectivity index (χ3v) is 4.03. The van der Waals surface area contributed by atoms with Crippen molar-refractivity contribution >= 4 is 30.1 Å². The number of rotatable bonds is 7. The van der Waals surface area contributed by atoms with Crippen molar-refractivity contribution in [1.82, 2.24) is 10.6 Å². The summed E-state index contributed by atoms with van der Waals surface area (Å²) in [6.45, 7) is 7.07. The van der Waals surface area contributed by atoms with E-state index in [2.05, 4.69) is 48.7 Å². The molecule has 0 spiro atoms. The number of halogens is 1. The van der Waals surface area contributed by atoms with E-state index in [9.17, 15) is 4.79 Å². The van der Waals surface area contributed by atoms with E-state index in [4.69, 9.17) is 0 Å². The smallest absolute Gasteiger partial charge is 0.230 e. The van der Waals surface area contributed by atoms with Gasteiger partial charge in [-0.05, 0) is 37.6 Å². The fourth-order valence-corrected chi connectivity index (χ4v) is 2.25. The van der Waals surface area contributed by atoms with Crippen LogP contribution in [0, 0.1) is 0 Å². The third kappa shape index (κ3) is 7.17. The molecule has 1 rings (SSSR count). The van der Waals surface area contributed by atoms with Crippen LogP contribution in [0.4, 0.5) is 0 Å². The molecule has 0 bridgehead atoms. The van der Waals surface area contributed by atoms with E-state index in [-0.39, 0.29) is 18.3 Å². The summed E-state index contributed by atoms with van der Waals surface area (Å²) in [4.78, 5) is 12.8. The second-order valence-corrected chi connectivity index (χ2v) is 6.05. The van der Waals surface area contributed by atoms with Crippen LogP contribution in [-0.4, -0.2) is 31.3 Å². The van der Waals surface area contributed by atoms with Crippen molar-refractivity contribution < 1.29 is 4.79 Å². The highest BCUT2D eigenvalue weighted by molar-refractivity contribution is 8.00. The Hall–Kier alpha value is -0.710. The largest absolute Gasteiger partial charge is 0.354 e. The summed E-state index contributed by atoms with van der Waals surface area (Å²) in [6.07, 6.45) is 0. The molecule has 1 atom stereocenters. The summed E-state index contributed by atoms with van der Waals surface area (Å²) in [6, 6.07) is 8.74. The first-order valence-electron chi connectivity index (χ1n) is 6.69. The quantitative estimate of drug-likeness (QED) is 0.760. The molecular weight excluding hydrogens is 292 g/mol. The Morgan fingerprint density at radius 2 is 1.80 bits per heavy atom. The van der Waals surface area contributed by atoms with Gasteiger partial charge in [-0.3, -0.25) is 4.79 Å². The monoisotopic (exact) mass is 316 g/mol. The summed E-state index contributed by atoms with van der Waals surface area (Å²) in [5, 5.41) is 6.00. The molecule has 5 heteroatoms. The van der Waals surface area contributed by atoms with E-state index in [1.165, 1.54) is 5.56 Å². The maximum absolute atomic E-state index is 11.7. The molecule has 1 unspecified atom stereocenters. The Labute approximate surface area is 132 Å². The maximum atomic E-state index is 11.7. The molecule has 2 N–H and O–H groups in total. The zero-order valence-corrected chi connectivity index (χ0v) is 14.2. The van der Waals surface area contributed by atoms with Gasteiger partial charge in [-0.15, -0.1) is 24.2 Å². The van der Waals surface area contributed by atoms with Gasteiger partial charge in [0.2, 0.25) is 5.91 Å². The molecular formula is C15H25ClN2OS. The molecule has 1 aromatic rings. The van der Waals surface area contributed by atoms with Crippen molar-refractivity contribution in [3.8, 4) is 0 Å². The number of thioether (sulfide) groups is 1. The molecule has 0 radical (unpaired) electrons. The van der Waals surface area contributed by atoms with Crippen LogP contribution in [0.2, 0.25) is 0 Å². The van der Waals surface area contributed by atoms with Gasteiger partial charge in [-0.2, -0.15) is 0 Å². The second kappa shape index (κ2) is 10.1. The number of hydrogen-bond donors (Lipinski definition) is 2. The lowest BCUT2D eigenvalue weighted by Crippen LogP contribution is -2.37. The average molecular weight is 317 g/mol. The van der Waals surface area contributed by atoms with Crippen LogP contribution in [0.3, 0.4) is 0 Å². The number of carbonyl (C=O) groups is 1. The van der Waals surface area contributed by atoms with Crippen LogP contribution >= 0.6 is 24.2 Å². The molecule has 0 aliphatic heterocycles. The van der Waals surface area contributed by atoms with Gasteiger partial charge in [0, 0.05) is 17.5 Å². The number of benzene rings is 1. The van der Waals surface area contributed by atoms with Gasteiger partial charge in [0.25, 0.3) is 0 Å². The van der Waals surface area contributed by atoms with Crippen LogP contribution < -0.4 is 10.6 Å². The topological polar surface area (TPSA) is 41.1 Å². The van der Waals surface area contributed by atoms with Crippen LogP contribution in [0.15, 0.2) is 29.2 Å². The van der Waals surface area contributed by atoms with E-state index in [0.29, 0.717) is 24.3 Å². The van der Waals surface area contributed by atoms with E-state index < -0.39 is 0 Å². The van der Waals surface area contributed by atoms with Gasteiger partial charge >= 0.3 is 0 Å². The summed E-state index contributed by atoms with van der Waals surface area (Å²) in [5.74, 6) is 1.10. The Bertz CT molecular complexity index is 395. The average Bonchev–Trinajstić information content (AvgIpc) is 2.42. The van der Waals surface area contributed by atoms with Crippen molar-refractivity contribution in [3.05, 3.63) is 29.8 Å². The predicted molar refractivity (Wildman–Crippen MR) is 90.0 cm³/mol. The fraction of sp³-hybridized carbons (Fsp3) is 0.533. The molecule has 0 aromatic heterocycles. The van der Waals surface area contributed by atoms with Crippen LogP contribution in [0.25, 0.3) is 0 Å². The molecule has 1 aromatic carbocycles. The standard InChI is InChI=1S/C15H24N2OS.ClH/c1-11(2)13-5-7-14(8-6-13)19-10-15(18)17-9-12(3)16-4;/h5-8,11-12,16H,9-10H2,1-4H3,(H,17,18);1H. The molecule has 0 heterocycles. The minimum absolute atomic E-state index is 0. The summed E-state index contributed by atoms with van der Waals surface area (Å²) in [7, 11) is 1.89. The van der Waals surface area contributed by atoms with Crippen LogP contribution in [0.5, 0.6) is 0 Å². The first-order chi connectivity index (χ1) is 9.02. The fourth-order valence-electron chi connectivity index (χ4n) is 1.52. The lowest BCUT2D eigenvalue weighted by atomic mass is 10.0. The highest BCUT2D eigenvalue weighted by Crippen LogP contribution is 2.21. The van der Waals surface area contributed by atoms with Crippen molar-refractivity contribution in [1.29, 1.82) is 0 Å². The SMILES string of the molecule is CNC(C)CNC(=O)CSc1ccc(C(C)C)cc1.Cl. The summed E-state index contributed by atoms with van der Waals surface area (Å²) >= 11 is 1.58. The van der Waals surface area contributed by atoms with Gasteiger partial charge < -0.3 is 10.6 Å². The van der Waals surface area contributed by atoms with E-state index >= 15 is 0 Å². The van der Waals surface area contributed by atoms with Crippen molar-refractivity contribution in [3.63, 3.8) is 0 Å². The highest BCUT2D eigenvalue weighted by atomic mass is 35.5. The Morgan fingerprint density at radius 3 is 2.30 bits per heavy atom. The van der Waals surface area contributed by atoms with Gasteiger partial charge in [0.15, 0.2) is 0 Å². The molecule has 0 saturated heterocycles. The molecule has 0 aliphatic rings.